The van der Waals surface area contributed by atoms with Crippen molar-refractivity contribution in [1.82, 2.24) is 15.1 Å². The Labute approximate surface area is 191 Å². The van der Waals surface area contributed by atoms with E-state index < -0.39 is 5.82 Å². The Hall–Kier alpha value is -3.68. The fourth-order valence-corrected chi connectivity index (χ4v) is 4.04. The standard InChI is InChI=1S/C25H27FN4O3/c1-2-33-22-11-4-3-7-18(22)16-27-25(32)19-8-6-14-29(17-19)23-12-13-24(31)30(28-23)21-10-5-9-20(26)15-21/h3-5,7,9-13,15,19H,2,6,8,14,16-17H2,1H3,(H,27,32)/t19-/m0/s1. The third-order valence-corrected chi connectivity index (χ3v) is 5.68. The van der Waals surface area contributed by atoms with Crippen LogP contribution in [0.15, 0.2) is 65.5 Å². The highest BCUT2D eigenvalue weighted by atomic mass is 19.1. The molecule has 7 nitrogen and oxygen atoms in total. The van der Waals surface area contributed by atoms with E-state index in [0.717, 1.165) is 30.7 Å². The van der Waals surface area contributed by atoms with Crippen LogP contribution in [0.1, 0.15) is 25.3 Å². The van der Waals surface area contributed by atoms with Gasteiger partial charge in [0.25, 0.3) is 5.56 Å². The van der Waals surface area contributed by atoms with Crippen molar-refractivity contribution in [3.63, 3.8) is 0 Å². The van der Waals surface area contributed by atoms with Crippen LogP contribution < -0.4 is 20.5 Å². The van der Waals surface area contributed by atoms with Gasteiger partial charge in [-0.3, -0.25) is 9.59 Å². The number of halogens is 1. The molecule has 2 aromatic carbocycles. The number of hydrogen-bond acceptors (Lipinski definition) is 5. The summed E-state index contributed by atoms with van der Waals surface area (Å²) in [6, 6.07) is 16.5. The molecule has 1 saturated heterocycles. The van der Waals surface area contributed by atoms with E-state index in [-0.39, 0.29) is 17.4 Å². The fraction of sp³-hybridized carbons (Fsp3) is 0.320. The summed E-state index contributed by atoms with van der Waals surface area (Å²) in [7, 11) is 0. The van der Waals surface area contributed by atoms with Crippen molar-refractivity contribution in [2.45, 2.75) is 26.3 Å². The summed E-state index contributed by atoms with van der Waals surface area (Å²) in [6.45, 7) is 4.11. The highest BCUT2D eigenvalue weighted by molar-refractivity contribution is 5.79. The number of aromatic nitrogens is 2. The minimum atomic E-state index is -0.438. The number of ether oxygens (including phenoxy) is 1. The Morgan fingerprint density at radius 3 is 2.85 bits per heavy atom. The van der Waals surface area contributed by atoms with Crippen LogP contribution in [-0.2, 0) is 11.3 Å². The van der Waals surface area contributed by atoms with E-state index in [2.05, 4.69) is 10.4 Å². The second-order valence-corrected chi connectivity index (χ2v) is 7.97. The van der Waals surface area contributed by atoms with Gasteiger partial charge in [0.15, 0.2) is 0 Å². The normalized spacial score (nSPS) is 15.8. The van der Waals surface area contributed by atoms with Crippen molar-refractivity contribution in [3.8, 4) is 11.4 Å². The first kappa shape index (κ1) is 22.5. The van der Waals surface area contributed by atoms with Crippen molar-refractivity contribution in [1.29, 1.82) is 0 Å². The predicted octanol–water partition coefficient (Wildman–Crippen LogP) is 3.30. The van der Waals surface area contributed by atoms with E-state index in [0.29, 0.717) is 31.2 Å². The fourth-order valence-electron chi connectivity index (χ4n) is 4.04. The quantitative estimate of drug-likeness (QED) is 0.598. The lowest BCUT2D eigenvalue weighted by Crippen LogP contribution is -2.43. The Morgan fingerprint density at radius 1 is 1.18 bits per heavy atom. The van der Waals surface area contributed by atoms with Crippen LogP contribution in [0.5, 0.6) is 5.75 Å². The first-order valence-electron chi connectivity index (χ1n) is 11.1. The van der Waals surface area contributed by atoms with Crippen molar-refractivity contribution in [2.24, 2.45) is 5.92 Å². The zero-order valence-electron chi connectivity index (χ0n) is 18.5. The number of anilines is 1. The van der Waals surface area contributed by atoms with Gasteiger partial charge in [0.2, 0.25) is 5.91 Å². The SMILES string of the molecule is CCOc1ccccc1CNC(=O)[C@H]1CCCN(c2ccc(=O)n(-c3cccc(F)c3)n2)C1. The highest BCUT2D eigenvalue weighted by Crippen LogP contribution is 2.23. The molecule has 0 bridgehead atoms. The third-order valence-electron chi connectivity index (χ3n) is 5.68. The lowest BCUT2D eigenvalue weighted by Gasteiger charge is -2.33. The Bertz CT molecular complexity index is 1180. The Morgan fingerprint density at radius 2 is 2.03 bits per heavy atom. The molecule has 1 aliphatic rings. The zero-order chi connectivity index (χ0) is 23.2. The van der Waals surface area contributed by atoms with Crippen LogP contribution in [-0.4, -0.2) is 35.4 Å². The number of benzene rings is 2. The summed E-state index contributed by atoms with van der Waals surface area (Å²) in [5, 5.41) is 7.47. The lowest BCUT2D eigenvalue weighted by molar-refractivity contribution is -0.125. The van der Waals surface area contributed by atoms with E-state index in [4.69, 9.17) is 4.74 Å². The van der Waals surface area contributed by atoms with Crippen LogP contribution in [0.3, 0.4) is 0 Å². The molecule has 0 saturated carbocycles. The number of hydrogen-bond donors (Lipinski definition) is 1. The van der Waals surface area contributed by atoms with Crippen LogP contribution >= 0.6 is 0 Å². The van der Waals surface area contributed by atoms with Crippen LogP contribution in [0.2, 0.25) is 0 Å². The van der Waals surface area contributed by atoms with Gasteiger partial charge in [-0.15, -0.1) is 5.10 Å². The molecule has 33 heavy (non-hydrogen) atoms. The summed E-state index contributed by atoms with van der Waals surface area (Å²) < 4.78 is 20.5. The van der Waals surface area contributed by atoms with Crippen LogP contribution in [0.25, 0.3) is 5.69 Å². The van der Waals surface area contributed by atoms with E-state index in [1.54, 1.807) is 12.1 Å². The van der Waals surface area contributed by atoms with Gasteiger partial charge in [0.05, 0.1) is 18.2 Å². The number of piperidine rings is 1. The van der Waals surface area contributed by atoms with E-state index in [1.807, 2.05) is 36.1 Å². The second kappa shape index (κ2) is 10.3. The van der Waals surface area contributed by atoms with E-state index in [1.165, 1.54) is 28.9 Å². The molecule has 3 aromatic rings. The van der Waals surface area contributed by atoms with Crippen LogP contribution in [0, 0.1) is 11.7 Å². The second-order valence-electron chi connectivity index (χ2n) is 7.97. The number of carbonyl (C=O) groups excluding carboxylic acids is 1. The molecular formula is C25H27FN4O3. The minimum absolute atomic E-state index is 0.0237. The molecule has 0 radical (unpaired) electrons. The number of nitrogens with one attached hydrogen (secondary N) is 1. The molecular weight excluding hydrogens is 423 g/mol. The molecule has 0 spiro atoms. The molecule has 1 aliphatic heterocycles. The largest absolute Gasteiger partial charge is 0.494 e. The third kappa shape index (κ3) is 5.39. The topological polar surface area (TPSA) is 76.5 Å². The van der Waals surface area contributed by atoms with E-state index in [9.17, 15) is 14.0 Å². The summed E-state index contributed by atoms with van der Waals surface area (Å²) in [4.78, 5) is 27.2. The average molecular weight is 451 g/mol. The molecule has 1 atom stereocenters. The smallest absolute Gasteiger partial charge is 0.271 e. The summed E-state index contributed by atoms with van der Waals surface area (Å²) in [6.07, 6.45) is 1.60. The Kier molecular flexibility index (Phi) is 7.02. The highest BCUT2D eigenvalue weighted by Gasteiger charge is 2.27. The van der Waals surface area contributed by atoms with Crippen LogP contribution in [0.4, 0.5) is 10.2 Å². The minimum Gasteiger partial charge on any atom is -0.494 e. The van der Waals surface area contributed by atoms with Gasteiger partial charge in [-0.2, -0.15) is 4.68 Å². The molecule has 172 valence electrons. The average Bonchev–Trinajstić information content (AvgIpc) is 2.84. The summed E-state index contributed by atoms with van der Waals surface area (Å²) in [5.74, 6) is 0.693. The van der Waals surface area contributed by atoms with Crippen molar-refractivity contribution < 1.29 is 13.9 Å². The van der Waals surface area contributed by atoms with Gasteiger partial charge in [0.1, 0.15) is 17.4 Å². The van der Waals surface area contributed by atoms with E-state index >= 15 is 0 Å². The monoisotopic (exact) mass is 450 g/mol. The summed E-state index contributed by atoms with van der Waals surface area (Å²) in [5.41, 5.74) is 0.953. The number of amides is 1. The molecule has 1 aromatic heterocycles. The molecule has 1 amide bonds. The van der Waals surface area contributed by atoms with Gasteiger partial charge in [-0.25, -0.2) is 4.39 Å². The van der Waals surface area contributed by atoms with Crippen molar-refractivity contribution in [2.75, 3.05) is 24.6 Å². The molecule has 2 heterocycles. The maximum absolute atomic E-state index is 13.6. The predicted molar refractivity (Wildman–Crippen MR) is 124 cm³/mol. The van der Waals surface area contributed by atoms with Gasteiger partial charge in [0, 0.05) is 31.3 Å². The van der Waals surface area contributed by atoms with Crippen molar-refractivity contribution >= 4 is 11.7 Å². The number of nitrogens with zero attached hydrogens (tertiary/aromatic N) is 3. The Balaban J connectivity index is 1.45. The first-order chi connectivity index (χ1) is 16.0. The van der Waals surface area contributed by atoms with Crippen molar-refractivity contribution in [3.05, 3.63) is 82.4 Å². The number of carbonyl (C=O) groups is 1. The molecule has 0 unspecified atom stereocenters. The number of rotatable bonds is 7. The molecule has 8 heteroatoms. The summed E-state index contributed by atoms with van der Waals surface area (Å²) >= 11 is 0. The number of para-hydroxylation sites is 1. The van der Waals surface area contributed by atoms with Gasteiger partial charge in [-0.1, -0.05) is 24.3 Å². The lowest BCUT2D eigenvalue weighted by atomic mass is 9.97. The maximum Gasteiger partial charge on any atom is 0.271 e. The maximum atomic E-state index is 13.6. The molecule has 1 N–H and O–H groups in total. The molecule has 4 rings (SSSR count). The molecule has 0 aliphatic carbocycles. The van der Waals surface area contributed by atoms with Gasteiger partial charge >= 0.3 is 0 Å². The zero-order valence-corrected chi connectivity index (χ0v) is 18.5. The molecule has 1 fully saturated rings. The first-order valence-corrected chi connectivity index (χ1v) is 11.1. The van der Waals surface area contributed by atoms with Gasteiger partial charge in [-0.05, 0) is 50.1 Å². The van der Waals surface area contributed by atoms with Gasteiger partial charge < -0.3 is 15.0 Å².